The average Bonchev–Trinajstić information content (AvgIpc) is 3.02. The number of nitro benzene ring substituents is 1. The smallest absolute Gasteiger partial charge is 0.307 e. The summed E-state index contributed by atoms with van der Waals surface area (Å²) in [4.78, 5) is 37.3. The Morgan fingerprint density at radius 1 is 1.15 bits per heavy atom. The summed E-state index contributed by atoms with van der Waals surface area (Å²) in [6.45, 7) is 0.746. The summed E-state index contributed by atoms with van der Waals surface area (Å²) in [6, 6.07) is 14.3. The number of non-ortho nitro benzene ring substituents is 1. The van der Waals surface area contributed by atoms with E-state index in [1.165, 1.54) is 12.1 Å². The second-order valence-electron chi connectivity index (χ2n) is 6.86. The number of rotatable bonds is 4. The minimum atomic E-state index is -0.664. The van der Waals surface area contributed by atoms with Gasteiger partial charge in [0.1, 0.15) is 6.10 Å². The fourth-order valence-electron chi connectivity index (χ4n) is 3.79. The largest absolute Gasteiger partial charge is 0.457 e. The third-order valence-corrected chi connectivity index (χ3v) is 5.16. The zero-order chi connectivity index (χ0) is 19.0. The van der Waals surface area contributed by atoms with E-state index in [-0.39, 0.29) is 24.6 Å². The fourth-order valence-corrected chi connectivity index (χ4v) is 3.79. The molecular weight excluding hydrogens is 348 g/mol. The maximum absolute atomic E-state index is 13.0. The van der Waals surface area contributed by atoms with Crippen LogP contribution in [0.15, 0.2) is 48.5 Å². The van der Waals surface area contributed by atoms with Crippen LogP contribution in [0.5, 0.6) is 0 Å². The molecule has 7 heteroatoms. The van der Waals surface area contributed by atoms with Crippen molar-refractivity contribution in [3.8, 4) is 0 Å². The summed E-state index contributed by atoms with van der Waals surface area (Å²) < 4.78 is 5.40. The topological polar surface area (TPSA) is 89.8 Å². The Morgan fingerprint density at radius 3 is 2.67 bits per heavy atom. The maximum atomic E-state index is 13.0. The lowest BCUT2D eigenvalue weighted by Crippen LogP contribution is -2.36. The molecule has 7 nitrogen and oxygen atoms in total. The van der Waals surface area contributed by atoms with Crippen molar-refractivity contribution < 1.29 is 19.2 Å². The number of fused-ring (bicyclic) bond motifs is 3. The van der Waals surface area contributed by atoms with Crippen LogP contribution in [0.1, 0.15) is 29.2 Å². The van der Waals surface area contributed by atoms with Gasteiger partial charge in [0.05, 0.1) is 17.3 Å². The number of amides is 1. The Labute approximate surface area is 155 Å². The van der Waals surface area contributed by atoms with E-state index in [2.05, 4.69) is 0 Å². The van der Waals surface area contributed by atoms with E-state index in [1.807, 2.05) is 30.3 Å². The van der Waals surface area contributed by atoms with E-state index in [0.29, 0.717) is 24.1 Å². The van der Waals surface area contributed by atoms with Crippen LogP contribution in [0.2, 0.25) is 0 Å². The third-order valence-electron chi connectivity index (χ3n) is 5.16. The Hall–Kier alpha value is -3.22. The summed E-state index contributed by atoms with van der Waals surface area (Å²) in [6.07, 6.45) is 0.0488. The van der Waals surface area contributed by atoms with Crippen LogP contribution in [0.3, 0.4) is 0 Å². The monoisotopic (exact) mass is 366 g/mol. The van der Waals surface area contributed by atoms with Crippen LogP contribution in [-0.2, 0) is 27.3 Å². The summed E-state index contributed by atoms with van der Waals surface area (Å²) in [5.74, 6) is -1.12. The number of esters is 1. The fraction of sp³-hybridized carbons (Fsp3) is 0.300. The van der Waals surface area contributed by atoms with Crippen LogP contribution in [0.4, 0.5) is 5.69 Å². The first-order valence-corrected chi connectivity index (χ1v) is 8.82. The highest BCUT2D eigenvalue weighted by Gasteiger charge is 2.45. The van der Waals surface area contributed by atoms with Crippen molar-refractivity contribution in [3.05, 3.63) is 75.3 Å². The van der Waals surface area contributed by atoms with Crippen LogP contribution >= 0.6 is 0 Å². The first-order chi connectivity index (χ1) is 13.0. The molecule has 2 aliphatic heterocycles. The molecule has 2 heterocycles. The van der Waals surface area contributed by atoms with Gasteiger partial charge in [0.15, 0.2) is 0 Å². The highest BCUT2D eigenvalue weighted by Crippen LogP contribution is 2.41. The molecule has 4 rings (SSSR count). The van der Waals surface area contributed by atoms with Crippen molar-refractivity contribution in [1.29, 1.82) is 0 Å². The van der Waals surface area contributed by atoms with Gasteiger partial charge in [0, 0.05) is 25.2 Å². The number of carbonyl (C=O) groups excluding carboxylic acids is 2. The Morgan fingerprint density at radius 2 is 1.93 bits per heavy atom. The van der Waals surface area contributed by atoms with Gasteiger partial charge in [-0.25, -0.2) is 0 Å². The summed E-state index contributed by atoms with van der Waals surface area (Å²) >= 11 is 0. The third kappa shape index (κ3) is 3.28. The van der Waals surface area contributed by atoms with Crippen LogP contribution in [0, 0.1) is 16.0 Å². The number of carbonyl (C=O) groups is 2. The molecule has 2 aromatic rings. The van der Waals surface area contributed by atoms with Crippen molar-refractivity contribution in [2.75, 3.05) is 6.54 Å². The predicted octanol–water partition coefficient (Wildman–Crippen LogP) is 2.78. The van der Waals surface area contributed by atoms with Gasteiger partial charge in [-0.3, -0.25) is 19.7 Å². The van der Waals surface area contributed by atoms with Gasteiger partial charge in [-0.15, -0.1) is 0 Å². The molecule has 1 fully saturated rings. The zero-order valence-electron chi connectivity index (χ0n) is 14.5. The quantitative estimate of drug-likeness (QED) is 0.471. The molecular formula is C20H18N2O5. The minimum absolute atomic E-state index is 0.0352. The number of hydrogen-bond donors (Lipinski definition) is 0. The van der Waals surface area contributed by atoms with Gasteiger partial charge >= 0.3 is 5.97 Å². The lowest BCUT2D eigenvalue weighted by Gasteiger charge is -2.23. The van der Waals surface area contributed by atoms with Crippen molar-refractivity contribution in [1.82, 2.24) is 4.90 Å². The van der Waals surface area contributed by atoms with E-state index in [0.717, 1.165) is 5.56 Å². The molecule has 1 saturated heterocycles. The Balaban J connectivity index is 1.67. The van der Waals surface area contributed by atoms with E-state index >= 15 is 0 Å². The number of benzene rings is 2. The van der Waals surface area contributed by atoms with E-state index < -0.39 is 22.9 Å². The lowest BCUT2D eigenvalue weighted by molar-refractivity contribution is -0.384. The first-order valence-electron chi connectivity index (χ1n) is 8.82. The van der Waals surface area contributed by atoms with Gasteiger partial charge in [-0.2, -0.15) is 0 Å². The molecule has 0 N–H and O–H groups in total. The molecule has 0 bridgehead atoms. The van der Waals surface area contributed by atoms with Gasteiger partial charge in [0.25, 0.3) is 5.69 Å². The normalized spacial score (nSPS) is 21.3. The van der Waals surface area contributed by atoms with Gasteiger partial charge in [0.2, 0.25) is 5.91 Å². The van der Waals surface area contributed by atoms with Crippen LogP contribution in [0.25, 0.3) is 0 Å². The standard InChI is InChI=1S/C20H18N2O5/c23-18-11-17-19(27-18)16-7-6-15(22(25)26)10-14(16)12-21(20(17)24)9-8-13-4-2-1-3-5-13/h1-7,10,17,19H,8-9,11-12H2/t17-,19+/m1/s1. The number of nitrogens with zero attached hydrogens (tertiary/aromatic N) is 2. The lowest BCUT2D eigenvalue weighted by atomic mass is 9.93. The molecule has 0 saturated carbocycles. The summed E-state index contributed by atoms with van der Waals surface area (Å²) in [5, 5.41) is 11.1. The minimum Gasteiger partial charge on any atom is -0.457 e. The summed E-state index contributed by atoms with van der Waals surface area (Å²) in [7, 11) is 0. The van der Waals surface area contributed by atoms with Crippen LogP contribution < -0.4 is 0 Å². The second-order valence-corrected chi connectivity index (χ2v) is 6.86. The Bertz CT molecular complexity index is 912. The van der Waals surface area contributed by atoms with Crippen molar-refractivity contribution in [2.45, 2.75) is 25.5 Å². The molecule has 0 spiro atoms. The molecule has 2 aromatic carbocycles. The number of ether oxygens (including phenoxy) is 1. The van der Waals surface area contributed by atoms with E-state index in [4.69, 9.17) is 4.74 Å². The first kappa shape index (κ1) is 17.2. The van der Waals surface area contributed by atoms with Crippen molar-refractivity contribution in [3.63, 3.8) is 0 Å². The van der Waals surface area contributed by atoms with Crippen molar-refractivity contribution in [2.24, 2.45) is 5.92 Å². The van der Waals surface area contributed by atoms with Gasteiger partial charge in [-0.1, -0.05) is 30.3 Å². The SMILES string of the molecule is O=C1C[C@H]2C(=O)N(CCc3ccccc3)Cc3cc([N+](=O)[O-])ccc3[C@@H]2O1. The maximum Gasteiger partial charge on any atom is 0.307 e. The molecule has 2 aliphatic rings. The molecule has 1 amide bonds. The number of hydrogen-bond acceptors (Lipinski definition) is 5. The Kier molecular flexibility index (Phi) is 4.35. The number of nitro groups is 1. The molecule has 0 aliphatic carbocycles. The second kappa shape index (κ2) is 6.83. The average molecular weight is 366 g/mol. The molecule has 138 valence electrons. The molecule has 27 heavy (non-hydrogen) atoms. The predicted molar refractivity (Wildman–Crippen MR) is 95.6 cm³/mol. The molecule has 2 atom stereocenters. The highest BCUT2D eigenvalue weighted by atomic mass is 16.6. The zero-order valence-corrected chi connectivity index (χ0v) is 14.5. The molecule has 0 unspecified atom stereocenters. The van der Waals surface area contributed by atoms with E-state index in [1.54, 1.807) is 11.0 Å². The highest BCUT2D eigenvalue weighted by molar-refractivity contribution is 5.88. The molecule has 0 radical (unpaired) electrons. The van der Waals surface area contributed by atoms with Crippen molar-refractivity contribution >= 4 is 17.6 Å². The van der Waals surface area contributed by atoms with Gasteiger partial charge in [-0.05, 0) is 29.2 Å². The van der Waals surface area contributed by atoms with E-state index in [9.17, 15) is 19.7 Å². The van der Waals surface area contributed by atoms with Crippen LogP contribution in [-0.4, -0.2) is 28.2 Å². The summed E-state index contributed by atoms with van der Waals surface area (Å²) in [5.41, 5.74) is 2.41. The van der Waals surface area contributed by atoms with Gasteiger partial charge < -0.3 is 9.64 Å². The molecule has 0 aromatic heterocycles.